The summed E-state index contributed by atoms with van der Waals surface area (Å²) in [6.45, 7) is 1.76. The van der Waals surface area contributed by atoms with Gasteiger partial charge in [-0.15, -0.1) is 5.10 Å². The molecule has 1 amide bonds. The molecule has 4 aromatic rings. The smallest absolute Gasteiger partial charge is 0.243 e. The fraction of sp³-hybridized carbons (Fsp3) is 0.200. The van der Waals surface area contributed by atoms with E-state index < -0.39 is 6.04 Å². The van der Waals surface area contributed by atoms with Gasteiger partial charge in [0.15, 0.2) is 11.5 Å². The van der Waals surface area contributed by atoms with Crippen LogP contribution in [0.15, 0.2) is 48.5 Å². The van der Waals surface area contributed by atoms with Crippen LogP contribution in [0.2, 0.25) is 0 Å². The number of amides is 1. The highest BCUT2D eigenvalue weighted by Gasteiger charge is 2.23. The van der Waals surface area contributed by atoms with Crippen molar-refractivity contribution < 1.29 is 9.18 Å². The van der Waals surface area contributed by atoms with Gasteiger partial charge in [-0.3, -0.25) is 4.79 Å². The van der Waals surface area contributed by atoms with Crippen LogP contribution in [0.25, 0.3) is 27.9 Å². The first kappa shape index (κ1) is 17.5. The average Bonchev–Trinajstić information content (AvgIpc) is 3.09. The maximum Gasteiger partial charge on any atom is 0.243 e. The number of para-hydroxylation sites is 1. The fourth-order valence-electron chi connectivity index (χ4n) is 3.38. The number of hydrogen-bond acceptors (Lipinski definition) is 6. The number of aromatic nitrogens is 4. The summed E-state index contributed by atoms with van der Waals surface area (Å²) >= 11 is 0. The number of halogens is 1. The largest absolute Gasteiger partial charge is 0.353 e. The number of fused-ring (bicyclic) bond motifs is 3. The minimum Gasteiger partial charge on any atom is -0.353 e. The Labute approximate surface area is 165 Å². The molecule has 2 aromatic carbocycles. The van der Waals surface area contributed by atoms with Crippen molar-refractivity contribution in [1.29, 1.82) is 0 Å². The Morgan fingerprint density at radius 2 is 1.90 bits per heavy atom. The predicted molar refractivity (Wildman–Crippen MR) is 107 cm³/mol. The van der Waals surface area contributed by atoms with Crippen molar-refractivity contribution >= 4 is 28.4 Å². The molecule has 3 heterocycles. The fourth-order valence-corrected chi connectivity index (χ4v) is 3.38. The summed E-state index contributed by atoms with van der Waals surface area (Å²) in [6, 6.07) is 13.1. The van der Waals surface area contributed by atoms with Gasteiger partial charge in [-0.2, -0.15) is 4.52 Å². The molecule has 2 aromatic heterocycles. The zero-order chi connectivity index (χ0) is 19.8. The van der Waals surface area contributed by atoms with Gasteiger partial charge in [-0.1, -0.05) is 12.1 Å². The van der Waals surface area contributed by atoms with Gasteiger partial charge in [0.2, 0.25) is 11.9 Å². The number of nitrogens with one attached hydrogen (secondary N) is 3. The minimum atomic E-state index is -0.493. The minimum absolute atomic E-state index is 0.100. The highest BCUT2D eigenvalue weighted by molar-refractivity contribution is 5.93. The standard InChI is InChI=1S/C20H18FN7O/c21-13-7-5-12(6-8-13)17-26-18-14-3-1-2-4-15(14)24-20(28(18)27-17)25-16-11-22-9-10-23-19(16)29/h1-8,16,22H,9-11H2,(H,23,29)(H,24,25)/t16-/m0/s1. The van der Waals surface area contributed by atoms with Gasteiger partial charge in [-0.05, 0) is 36.4 Å². The molecule has 0 spiro atoms. The molecule has 0 radical (unpaired) electrons. The summed E-state index contributed by atoms with van der Waals surface area (Å²) in [5, 5.41) is 14.7. The maximum atomic E-state index is 13.3. The SMILES string of the molecule is O=C1NCCNC[C@@H]1Nc1nc2ccccc2c2nc(-c3ccc(F)cc3)nn12. The van der Waals surface area contributed by atoms with Crippen molar-refractivity contribution in [2.24, 2.45) is 0 Å². The highest BCUT2D eigenvalue weighted by Crippen LogP contribution is 2.24. The van der Waals surface area contributed by atoms with Crippen LogP contribution in [-0.2, 0) is 4.79 Å². The van der Waals surface area contributed by atoms with Crippen molar-refractivity contribution in [2.75, 3.05) is 25.0 Å². The summed E-state index contributed by atoms with van der Waals surface area (Å²) in [5.41, 5.74) is 2.04. The Hall–Kier alpha value is -3.59. The first-order valence-corrected chi connectivity index (χ1v) is 9.35. The number of carbonyl (C=O) groups excluding carboxylic acids is 1. The van der Waals surface area contributed by atoms with Crippen molar-refractivity contribution in [3.63, 3.8) is 0 Å². The quantitative estimate of drug-likeness (QED) is 0.491. The number of nitrogens with zero attached hydrogens (tertiary/aromatic N) is 4. The average molecular weight is 391 g/mol. The molecular formula is C20H18FN7O. The summed E-state index contributed by atoms with van der Waals surface area (Å²) in [4.78, 5) is 21.7. The zero-order valence-electron chi connectivity index (χ0n) is 15.4. The van der Waals surface area contributed by atoms with Gasteiger partial charge in [0.05, 0.1) is 5.52 Å². The van der Waals surface area contributed by atoms with E-state index in [0.717, 1.165) is 10.9 Å². The number of carbonyl (C=O) groups is 1. The molecule has 5 rings (SSSR count). The topological polar surface area (TPSA) is 96.2 Å². The van der Waals surface area contributed by atoms with Gasteiger partial charge in [0.1, 0.15) is 11.9 Å². The molecule has 1 aliphatic rings. The molecule has 146 valence electrons. The van der Waals surface area contributed by atoms with E-state index in [-0.39, 0.29) is 11.7 Å². The Balaban J connectivity index is 1.65. The van der Waals surface area contributed by atoms with Gasteiger partial charge in [0.25, 0.3) is 0 Å². The predicted octanol–water partition coefficient (Wildman–Crippen LogP) is 1.58. The lowest BCUT2D eigenvalue weighted by atomic mass is 10.2. The second kappa shape index (κ2) is 7.10. The second-order valence-electron chi connectivity index (χ2n) is 6.82. The van der Waals surface area contributed by atoms with Crippen LogP contribution in [0.1, 0.15) is 0 Å². The molecule has 0 saturated carbocycles. The molecule has 0 aliphatic carbocycles. The van der Waals surface area contributed by atoms with Crippen LogP contribution in [0, 0.1) is 5.82 Å². The van der Waals surface area contributed by atoms with E-state index in [1.165, 1.54) is 12.1 Å². The third kappa shape index (κ3) is 3.25. The van der Waals surface area contributed by atoms with E-state index in [4.69, 9.17) is 0 Å². The third-order valence-corrected chi connectivity index (χ3v) is 4.85. The van der Waals surface area contributed by atoms with E-state index in [2.05, 4.69) is 31.0 Å². The maximum absolute atomic E-state index is 13.3. The summed E-state index contributed by atoms with van der Waals surface area (Å²) in [7, 11) is 0. The molecule has 0 bridgehead atoms. The van der Waals surface area contributed by atoms with Crippen LogP contribution in [0.4, 0.5) is 10.3 Å². The normalized spacial score (nSPS) is 17.3. The van der Waals surface area contributed by atoms with Crippen molar-refractivity contribution in [3.8, 4) is 11.4 Å². The van der Waals surface area contributed by atoms with Crippen LogP contribution in [-0.4, -0.2) is 51.2 Å². The van der Waals surface area contributed by atoms with Crippen LogP contribution >= 0.6 is 0 Å². The first-order valence-electron chi connectivity index (χ1n) is 9.35. The second-order valence-corrected chi connectivity index (χ2v) is 6.82. The van der Waals surface area contributed by atoms with Gasteiger partial charge in [-0.25, -0.2) is 14.4 Å². The number of hydrogen-bond donors (Lipinski definition) is 3. The van der Waals surface area contributed by atoms with Crippen molar-refractivity contribution in [3.05, 3.63) is 54.3 Å². The zero-order valence-corrected chi connectivity index (χ0v) is 15.4. The lowest BCUT2D eigenvalue weighted by Gasteiger charge is -2.16. The number of benzene rings is 2. The monoisotopic (exact) mass is 391 g/mol. The van der Waals surface area contributed by atoms with E-state index >= 15 is 0 Å². The van der Waals surface area contributed by atoms with Crippen LogP contribution < -0.4 is 16.0 Å². The molecule has 29 heavy (non-hydrogen) atoms. The summed E-state index contributed by atoms with van der Waals surface area (Å²) in [5.74, 6) is 0.453. The number of rotatable bonds is 3. The molecule has 1 aliphatic heterocycles. The van der Waals surface area contributed by atoms with Crippen LogP contribution in [0.5, 0.6) is 0 Å². The van der Waals surface area contributed by atoms with Gasteiger partial charge >= 0.3 is 0 Å². The molecule has 1 fully saturated rings. The highest BCUT2D eigenvalue weighted by atomic mass is 19.1. The van der Waals surface area contributed by atoms with Crippen molar-refractivity contribution in [2.45, 2.75) is 6.04 Å². The van der Waals surface area contributed by atoms with Gasteiger partial charge < -0.3 is 16.0 Å². The van der Waals surface area contributed by atoms with E-state index in [0.29, 0.717) is 42.6 Å². The van der Waals surface area contributed by atoms with E-state index in [1.54, 1.807) is 16.6 Å². The molecule has 1 saturated heterocycles. The van der Waals surface area contributed by atoms with Crippen molar-refractivity contribution in [1.82, 2.24) is 30.2 Å². The Kier molecular flexibility index (Phi) is 4.28. The van der Waals surface area contributed by atoms with Gasteiger partial charge in [0, 0.05) is 30.6 Å². The molecule has 1 atom stereocenters. The molecule has 9 heteroatoms. The molecular weight excluding hydrogens is 373 g/mol. The molecule has 0 unspecified atom stereocenters. The summed E-state index contributed by atoms with van der Waals surface area (Å²) in [6.07, 6.45) is 0. The lowest BCUT2D eigenvalue weighted by molar-refractivity contribution is -0.121. The van der Waals surface area contributed by atoms with Crippen LogP contribution in [0.3, 0.4) is 0 Å². The lowest BCUT2D eigenvalue weighted by Crippen LogP contribution is -2.42. The molecule has 3 N–H and O–H groups in total. The van der Waals surface area contributed by atoms with E-state index in [1.807, 2.05) is 24.3 Å². The third-order valence-electron chi connectivity index (χ3n) is 4.85. The molecule has 8 nitrogen and oxygen atoms in total. The first-order chi connectivity index (χ1) is 14.2. The Morgan fingerprint density at radius 3 is 2.76 bits per heavy atom. The summed E-state index contributed by atoms with van der Waals surface area (Å²) < 4.78 is 14.9. The Bertz CT molecular complexity index is 1200. The Morgan fingerprint density at radius 1 is 1.07 bits per heavy atom. The van der Waals surface area contributed by atoms with E-state index in [9.17, 15) is 9.18 Å². The number of anilines is 1.